The van der Waals surface area contributed by atoms with Crippen molar-refractivity contribution in [2.24, 2.45) is 0 Å². The molecule has 0 radical (unpaired) electrons. The van der Waals surface area contributed by atoms with Gasteiger partial charge in [0.15, 0.2) is 12.0 Å². The van der Waals surface area contributed by atoms with Crippen molar-refractivity contribution in [3.8, 4) is 5.75 Å². The molecule has 2 amide bonds. The van der Waals surface area contributed by atoms with Gasteiger partial charge in [0.25, 0.3) is 11.8 Å². The van der Waals surface area contributed by atoms with Gasteiger partial charge in [0.1, 0.15) is 29.2 Å². The Bertz CT molecular complexity index is 1100. The van der Waals surface area contributed by atoms with Crippen molar-refractivity contribution in [1.29, 1.82) is 0 Å². The molecule has 33 heavy (non-hydrogen) atoms. The van der Waals surface area contributed by atoms with Crippen molar-refractivity contribution in [3.63, 3.8) is 0 Å². The first kappa shape index (κ1) is 21.7. The first-order chi connectivity index (χ1) is 15.8. The Kier molecular flexibility index (Phi) is 5.25. The number of aliphatic hydroxyl groups is 2. The number of ether oxygens (including phenoxy) is 2. The third kappa shape index (κ3) is 3.25. The number of hydrogen-bond acceptors (Lipinski definition) is 7. The number of nitrogens with zero attached hydrogens (tertiary/aromatic N) is 2. The van der Waals surface area contributed by atoms with Crippen LogP contribution in [-0.2, 0) is 20.9 Å². The number of benzene rings is 1. The average Bonchev–Trinajstić information content (AvgIpc) is 3.22. The Morgan fingerprint density at radius 1 is 1.36 bits per heavy atom. The van der Waals surface area contributed by atoms with Gasteiger partial charge in [-0.3, -0.25) is 9.59 Å². The van der Waals surface area contributed by atoms with E-state index in [1.54, 1.807) is 9.80 Å². The molecule has 1 aromatic carbocycles. The van der Waals surface area contributed by atoms with Crippen LogP contribution in [0.5, 0.6) is 5.75 Å². The molecule has 4 aliphatic heterocycles. The summed E-state index contributed by atoms with van der Waals surface area (Å²) in [7, 11) is 1.25. The van der Waals surface area contributed by atoms with Gasteiger partial charge < -0.3 is 34.8 Å². The second kappa shape index (κ2) is 7.99. The summed E-state index contributed by atoms with van der Waals surface area (Å²) >= 11 is 0. The number of allylic oxidation sites excluding steroid dienone is 1. The number of halogens is 2. The number of rotatable bonds is 4. The van der Waals surface area contributed by atoms with E-state index in [2.05, 4.69) is 5.32 Å². The number of nitrogens with one attached hydrogen (secondary N) is 1. The number of carbonyl (C=O) groups is 2. The molecule has 3 unspecified atom stereocenters. The Hall–Kier alpha value is -3.18. The largest absolute Gasteiger partial charge is 0.507 e. The molecule has 0 aromatic heterocycles. The van der Waals surface area contributed by atoms with Gasteiger partial charge >= 0.3 is 0 Å². The van der Waals surface area contributed by atoms with Crippen LogP contribution >= 0.6 is 0 Å². The van der Waals surface area contributed by atoms with Gasteiger partial charge in [0.05, 0.1) is 25.3 Å². The summed E-state index contributed by atoms with van der Waals surface area (Å²) in [6, 6.07) is 1.39. The van der Waals surface area contributed by atoms with E-state index in [9.17, 15) is 28.6 Å². The highest BCUT2D eigenvalue weighted by atomic mass is 19.1. The standard InChI is InChI=1S/C22H23F2N3O6/c1-32-15-8-10(23)7-12(24)11(15)9-25-20(30)16-13-3-4-14-22-26(5-2-6-33-22)21(31)17(27(13)14)19(29)18(16)28/h7-8,14,18,22,28-29H,2-6,9H2,1H3,(H,25,30). The minimum absolute atomic E-state index is 0.0375. The quantitative estimate of drug-likeness (QED) is 0.612. The number of fused-ring (bicyclic) bond motifs is 2. The summed E-state index contributed by atoms with van der Waals surface area (Å²) < 4.78 is 38.5. The van der Waals surface area contributed by atoms with Crippen LogP contribution in [0.4, 0.5) is 8.78 Å². The van der Waals surface area contributed by atoms with Gasteiger partial charge in [-0.1, -0.05) is 0 Å². The predicted molar refractivity (Wildman–Crippen MR) is 108 cm³/mol. The van der Waals surface area contributed by atoms with Crippen molar-refractivity contribution in [2.75, 3.05) is 20.3 Å². The van der Waals surface area contributed by atoms with Crippen LogP contribution in [-0.4, -0.2) is 70.5 Å². The van der Waals surface area contributed by atoms with E-state index in [0.717, 1.165) is 6.07 Å². The molecule has 3 N–H and O–H groups in total. The summed E-state index contributed by atoms with van der Waals surface area (Å²) in [4.78, 5) is 29.3. The minimum Gasteiger partial charge on any atom is -0.507 e. The molecule has 3 fully saturated rings. The molecular weight excluding hydrogens is 440 g/mol. The zero-order valence-electron chi connectivity index (χ0n) is 17.8. The Morgan fingerprint density at radius 2 is 2.15 bits per heavy atom. The highest BCUT2D eigenvalue weighted by molar-refractivity contribution is 6.00. The first-order valence-electron chi connectivity index (χ1n) is 10.7. The first-order valence-corrected chi connectivity index (χ1v) is 10.7. The minimum atomic E-state index is -1.71. The fourth-order valence-corrected chi connectivity index (χ4v) is 5.11. The second-order valence-corrected chi connectivity index (χ2v) is 8.34. The number of aliphatic hydroxyl groups excluding tert-OH is 2. The number of piperazine rings is 1. The summed E-state index contributed by atoms with van der Waals surface area (Å²) in [5.74, 6) is -3.58. The van der Waals surface area contributed by atoms with Crippen LogP contribution in [0.1, 0.15) is 24.8 Å². The van der Waals surface area contributed by atoms with Gasteiger partial charge in [-0.15, -0.1) is 0 Å². The zero-order valence-corrected chi connectivity index (χ0v) is 17.8. The molecule has 5 rings (SSSR count). The van der Waals surface area contributed by atoms with Crippen LogP contribution in [0.3, 0.4) is 0 Å². The lowest BCUT2D eigenvalue weighted by atomic mass is 9.95. The number of carbonyl (C=O) groups excluding carboxylic acids is 2. The molecule has 11 heteroatoms. The fraction of sp³-hybridized carbons (Fsp3) is 0.455. The highest BCUT2D eigenvalue weighted by Gasteiger charge is 2.54. The Balaban J connectivity index is 1.45. The zero-order chi connectivity index (χ0) is 23.4. The smallest absolute Gasteiger partial charge is 0.276 e. The van der Waals surface area contributed by atoms with Crippen LogP contribution in [0, 0.1) is 11.6 Å². The molecule has 0 bridgehead atoms. The maximum atomic E-state index is 14.3. The van der Waals surface area contributed by atoms with E-state index < -0.39 is 41.5 Å². The molecule has 0 saturated carbocycles. The normalized spacial score (nSPS) is 26.4. The number of methoxy groups -OCH3 is 1. The van der Waals surface area contributed by atoms with Crippen molar-refractivity contribution in [2.45, 2.75) is 44.2 Å². The predicted octanol–water partition coefficient (Wildman–Crippen LogP) is 1.04. The lowest BCUT2D eigenvalue weighted by molar-refractivity contribution is -0.171. The molecule has 0 aliphatic carbocycles. The lowest BCUT2D eigenvalue weighted by Crippen LogP contribution is -2.63. The number of amides is 2. The molecule has 3 atom stereocenters. The molecule has 1 aromatic rings. The van der Waals surface area contributed by atoms with Gasteiger partial charge in [-0.2, -0.15) is 0 Å². The third-order valence-electron chi connectivity index (χ3n) is 6.57. The number of hydrogen-bond donors (Lipinski definition) is 3. The maximum Gasteiger partial charge on any atom is 0.276 e. The van der Waals surface area contributed by atoms with Gasteiger partial charge in [-0.25, -0.2) is 8.78 Å². The van der Waals surface area contributed by atoms with Crippen LogP contribution in [0.15, 0.2) is 34.9 Å². The third-order valence-corrected chi connectivity index (χ3v) is 6.57. The SMILES string of the molecule is COc1cc(F)cc(F)c1CNC(=O)C1=C2CCC3C4OCCCN4C(=O)C(=C(O)C1O)N23. The van der Waals surface area contributed by atoms with E-state index in [1.165, 1.54) is 7.11 Å². The van der Waals surface area contributed by atoms with Gasteiger partial charge in [-0.05, 0) is 19.3 Å². The molecular formula is C22H23F2N3O6. The fourth-order valence-electron chi connectivity index (χ4n) is 5.11. The van der Waals surface area contributed by atoms with Crippen molar-refractivity contribution >= 4 is 11.8 Å². The molecule has 9 nitrogen and oxygen atoms in total. The molecule has 4 heterocycles. The Labute approximate surface area is 187 Å². The van der Waals surface area contributed by atoms with Crippen molar-refractivity contribution < 1.29 is 38.1 Å². The van der Waals surface area contributed by atoms with Crippen molar-refractivity contribution in [1.82, 2.24) is 15.1 Å². The monoisotopic (exact) mass is 463 g/mol. The van der Waals surface area contributed by atoms with Gasteiger partial charge in [0, 0.05) is 36.5 Å². The second-order valence-electron chi connectivity index (χ2n) is 8.34. The van der Waals surface area contributed by atoms with E-state index in [-0.39, 0.29) is 35.2 Å². The maximum absolute atomic E-state index is 14.3. The van der Waals surface area contributed by atoms with Crippen LogP contribution < -0.4 is 10.1 Å². The van der Waals surface area contributed by atoms with Crippen molar-refractivity contribution in [3.05, 3.63) is 52.1 Å². The highest BCUT2D eigenvalue weighted by Crippen LogP contribution is 2.46. The van der Waals surface area contributed by atoms with E-state index in [4.69, 9.17) is 9.47 Å². The summed E-state index contributed by atoms with van der Waals surface area (Å²) in [6.45, 7) is 0.652. The topological polar surface area (TPSA) is 112 Å². The summed E-state index contributed by atoms with van der Waals surface area (Å²) in [5.41, 5.74) is 0.209. The average molecular weight is 463 g/mol. The van der Waals surface area contributed by atoms with E-state index >= 15 is 0 Å². The van der Waals surface area contributed by atoms with E-state index in [1.807, 2.05) is 0 Å². The van der Waals surface area contributed by atoms with Crippen LogP contribution in [0.25, 0.3) is 0 Å². The molecule has 4 aliphatic rings. The molecule has 0 spiro atoms. The molecule has 3 saturated heterocycles. The molecule has 176 valence electrons. The van der Waals surface area contributed by atoms with Crippen LogP contribution in [0.2, 0.25) is 0 Å². The Morgan fingerprint density at radius 3 is 2.91 bits per heavy atom. The lowest BCUT2D eigenvalue weighted by Gasteiger charge is -2.49. The van der Waals surface area contributed by atoms with Gasteiger partial charge in [0.2, 0.25) is 0 Å². The summed E-state index contributed by atoms with van der Waals surface area (Å²) in [5, 5.41) is 24.0. The van der Waals surface area contributed by atoms with E-state index in [0.29, 0.717) is 44.2 Å². The summed E-state index contributed by atoms with van der Waals surface area (Å²) in [6.07, 6.45) is -0.597.